The van der Waals surface area contributed by atoms with Crippen molar-refractivity contribution in [2.24, 2.45) is 0 Å². The minimum Gasteiger partial charge on any atom is -0.497 e. The molecule has 0 aliphatic rings. The van der Waals surface area contributed by atoms with E-state index in [0.29, 0.717) is 5.56 Å². The van der Waals surface area contributed by atoms with Crippen molar-refractivity contribution in [1.82, 2.24) is 0 Å². The third-order valence-electron chi connectivity index (χ3n) is 4.28. The van der Waals surface area contributed by atoms with Crippen molar-refractivity contribution < 1.29 is 13.9 Å². The van der Waals surface area contributed by atoms with Crippen LogP contribution in [0.3, 0.4) is 0 Å². The number of hydrogen-bond donors (Lipinski definition) is 0. The summed E-state index contributed by atoms with van der Waals surface area (Å²) in [5.41, 5.74) is 3.73. The third-order valence-corrected chi connectivity index (χ3v) is 4.28. The average Bonchev–Trinajstić information content (AvgIpc) is 2.64. The second-order valence-corrected chi connectivity index (χ2v) is 5.94. The number of rotatable bonds is 5. The van der Waals surface area contributed by atoms with Crippen LogP contribution in [0.15, 0.2) is 72.8 Å². The van der Waals surface area contributed by atoms with Crippen molar-refractivity contribution in [3.05, 3.63) is 101 Å². The van der Waals surface area contributed by atoms with Crippen LogP contribution in [0.1, 0.15) is 39.9 Å². The van der Waals surface area contributed by atoms with Gasteiger partial charge in [0, 0.05) is 11.5 Å². The maximum atomic E-state index is 13.4. The first-order chi connectivity index (χ1) is 12.1. The molecular weight excluding hydrogens is 315 g/mol. The van der Waals surface area contributed by atoms with E-state index >= 15 is 0 Å². The first-order valence-corrected chi connectivity index (χ1v) is 8.09. The lowest BCUT2D eigenvalue weighted by Gasteiger charge is -2.20. The molecule has 0 radical (unpaired) electrons. The van der Waals surface area contributed by atoms with Gasteiger partial charge in [-0.2, -0.15) is 0 Å². The Kier molecular flexibility index (Phi) is 4.94. The Bertz CT molecular complexity index is 867. The first-order valence-electron chi connectivity index (χ1n) is 8.09. The number of ether oxygens (including phenoxy) is 1. The van der Waals surface area contributed by atoms with Gasteiger partial charge in [-0.15, -0.1) is 0 Å². The van der Waals surface area contributed by atoms with Crippen molar-refractivity contribution in [2.45, 2.75) is 12.8 Å². The predicted molar refractivity (Wildman–Crippen MR) is 96.8 cm³/mol. The maximum Gasteiger partial charge on any atom is 0.159 e. The molecule has 3 rings (SSSR count). The highest BCUT2D eigenvalue weighted by Crippen LogP contribution is 2.33. The smallest absolute Gasteiger partial charge is 0.159 e. The van der Waals surface area contributed by atoms with Crippen LogP contribution in [0, 0.1) is 5.82 Å². The molecule has 0 aliphatic heterocycles. The highest BCUT2D eigenvalue weighted by Gasteiger charge is 2.18. The van der Waals surface area contributed by atoms with Crippen LogP contribution >= 0.6 is 0 Å². The van der Waals surface area contributed by atoms with Gasteiger partial charge in [-0.05, 0) is 47.9 Å². The Labute approximate surface area is 146 Å². The number of Topliss-reactive ketones (excluding diaryl/α,β-unsaturated/α-hetero) is 1. The summed E-state index contributed by atoms with van der Waals surface area (Å²) in [6.45, 7) is 1.55. The molecule has 126 valence electrons. The second-order valence-electron chi connectivity index (χ2n) is 5.94. The molecule has 0 heterocycles. The van der Waals surface area contributed by atoms with E-state index in [2.05, 4.69) is 0 Å². The van der Waals surface area contributed by atoms with Gasteiger partial charge in [0.15, 0.2) is 5.78 Å². The predicted octanol–water partition coefficient (Wildman–Crippen LogP) is 5.22. The van der Waals surface area contributed by atoms with Gasteiger partial charge in [-0.25, -0.2) is 4.39 Å². The number of carbonyl (C=O) groups excluding carboxylic acids is 1. The summed E-state index contributed by atoms with van der Waals surface area (Å²) >= 11 is 0. The number of ketones is 1. The summed E-state index contributed by atoms with van der Waals surface area (Å²) in [6.07, 6.45) is 0. The first kappa shape index (κ1) is 16.9. The molecule has 0 amide bonds. The van der Waals surface area contributed by atoms with Crippen molar-refractivity contribution >= 4 is 5.78 Å². The molecule has 3 heteroatoms. The fourth-order valence-electron chi connectivity index (χ4n) is 2.96. The Morgan fingerprint density at radius 1 is 0.880 bits per heavy atom. The topological polar surface area (TPSA) is 26.3 Å². The molecule has 3 aromatic carbocycles. The van der Waals surface area contributed by atoms with E-state index in [1.807, 2.05) is 48.5 Å². The fraction of sp³-hybridized carbons (Fsp3) is 0.136. The van der Waals surface area contributed by atoms with Gasteiger partial charge in [0.25, 0.3) is 0 Å². The van der Waals surface area contributed by atoms with E-state index in [9.17, 15) is 9.18 Å². The molecule has 0 unspecified atom stereocenters. The van der Waals surface area contributed by atoms with Crippen LogP contribution in [0.5, 0.6) is 5.75 Å². The van der Waals surface area contributed by atoms with E-state index in [-0.39, 0.29) is 17.5 Å². The molecular formula is C22H19FO2. The quantitative estimate of drug-likeness (QED) is 0.472. The highest BCUT2D eigenvalue weighted by molar-refractivity contribution is 5.94. The highest BCUT2D eigenvalue weighted by atomic mass is 19.1. The van der Waals surface area contributed by atoms with Crippen LogP contribution in [0.25, 0.3) is 0 Å². The van der Waals surface area contributed by atoms with E-state index < -0.39 is 0 Å². The molecule has 0 saturated carbocycles. The normalized spacial score (nSPS) is 11.8. The number of hydrogen-bond acceptors (Lipinski definition) is 2. The summed E-state index contributed by atoms with van der Waals surface area (Å²) in [7, 11) is 1.63. The molecule has 25 heavy (non-hydrogen) atoms. The molecule has 3 aromatic rings. The van der Waals surface area contributed by atoms with Crippen molar-refractivity contribution in [2.75, 3.05) is 7.11 Å². The molecule has 1 atom stereocenters. The molecule has 2 nitrogen and oxygen atoms in total. The van der Waals surface area contributed by atoms with Crippen molar-refractivity contribution in [3.8, 4) is 5.75 Å². The fourth-order valence-corrected chi connectivity index (χ4v) is 2.96. The zero-order valence-electron chi connectivity index (χ0n) is 14.2. The summed E-state index contributed by atoms with van der Waals surface area (Å²) in [5, 5.41) is 0. The van der Waals surface area contributed by atoms with E-state index in [4.69, 9.17) is 4.74 Å². The zero-order chi connectivity index (χ0) is 17.8. The van der Waals surface area contributed by atoms with Gasteiger partial charge in [0.1, 0.15) is 11.6 Å². The van der Waals surface area contributed by atoms with Crippen LogP contribution in [0.4, 0.5) is 4.39 Å². The number of carbonyl (C=O) groups is 1. The lowest BCUT2D eigenvalue weighted by Crippen LogP contribution is -2.04. The summed E-state index contributed by atoms with van der Waals surface area (Å²) in [4.78, 5) is 11.5. The van der Waals surface area contributed by atoms with Gasteiger partial charge >= 0.3 is 0 Å². The van der Waals surface area contributed by atoms with Crippen LogP contribution in [0.2, 0.25) is 0 Å². The van der Waals surface area contributed by atoms with Crippen molar-refractivity contribution in [1.29, 1.82) is 0 Å². The Morgan fingerprint density at radius 3 is 2.04 bits per heavy atom. The number of halogens is 1. The largest absolute Gasteiger partial charge is 0.497 e. The molecule has 0 bridgehead atoms. The van der Waals surface area contributed by atoms with Gasteiger partial charge in [0.2, 0.25) is 0 Å². The van der Waals surface area contributed by atoms with E-state index in [1.54, 1.807) is 26.2 Å². The standard InChI is InChI=1S/C22H19FO2/c1-15(24)16-6-8-17(9-7-16)22(18-10-12-20(23)13-11-18)19-4-3-5-21(14-19)25-2/h3-14,22H,1-2H3/t22-/m0/s1. The van der Waals surface area contributed by atoms with E-state index in [0.717, 1.165) is 22.4 Å². The Hall–Kier alpha value is -2.94. The molecule has 0 fully saturated rings. The third kappa shape index (κ3) is 3.77. The second kappa shape index (κ2) is 7.31. The lowest BCUT2D eigenvalue weighted by atomic mass is 9.84. The van der Waals surface area contributed by atoms with Crippen molar-refractivity contribution in [3.63, 3.8) is 0 Å². The minimum atomic E-state index is -0.264. The van der Waals surface area contributed by atoms with Crippen LogP contribution < -0.4 is 4.74 Å². The molecule has 0 N–H and O–H groups in total. The number of methoxy groups -OCH3 is 1. The molecule has 0 aliphatic carbocycles. The lowest BCUT2D eigenvalue weighted by molar-refractivity contribution is 0.101. The maximum absolute atomic E-state index is 13.4. The Morgan fingerprint density at radius 2 is 1.48 bits per heavy atom. The average molecular weight is 334 g/mol. The zero-order valence-corrected chi connectivity index (χ0v) is 14.2. The van der Waals surface area contributed by atoms with Gasteiger partial charge in [-0.3, -0.25) is 4.79 Å². The van der Waals surface area contributed by atoms with Gasteiger partial charge in [-0.1, -0.05) is 48.5 Å². The monoisotopic (exact) mass is 334 g/mol. The molecule has 0 aromatic heterocycles. The molecule has 0 spiro atoms. The van der Waals surface area contributed by atoms with E-state index in [1.165, 1.54) is 12.1 Å². The minimum absolute atomic E-state index is 0.0336. The Balaban J connectivity index is 2.10. The number of benzene rings is 3. The molecule has 0 saturated heterocycles. The van der Waals surface area contributed by atoms with Gasteiger partial charge in [0.05, 0.1) is 7.11 Å². The van der Waals surface area contributed by atoms with Gasteiger partial charge < -0.3 is 4.74 Å². The summed E-state index contributed by atoms with van der Waals surface area (Å²) in [6, 6.07) is 21.9. The summed E-state index contributed by atoms with van der Waals surface area (Å²) in [5.74, 6) is 0.466. The van der Waals surface area contributed by atoms with Crippen LogP contribution in [-0.2, 0) is 0 Å². The SMILES string of the molecule is COc1cccc([C@H](c2ccc(F)cc2)c2ccc(C(C)=O)cc2)c1. The van der Waals surface area contributed by atoms with Crippen LogP contribution in [-0.4, -0.2) is 12.9 Å². The summed E-state index contributed by atoms with van der Waals surface area (Å²) < 4.78 is 18.7.